The molecule has 298 valence electrons. The monoisotopic (exact) mass is 814 g/mol. The fourth-order valence-corrected chi connectivity index (χ4v) is 7.72. The minimum absolute atomic E-state index is 0.0179. The third kappa shape index (κ3) is 11.6. The topological polar surface area (TPSA) is 164 Å². The van der Waals surface area contributed by atoms with Crippen LogP contribution in [0.15, 0.2) is 121 Å². The molecule has 1 saturated heterocycles. The number of fused-ring (bicyclic) bond motifs is 1. The second-order valence-electron chi connectivity index (χ2n) is 12.9. The van der Waals surface area contributed by atoms with Crippen molar-refractivity contribution in [3.05, 3.63) is 132 Å². The molecular formula is C42H42N2O11S2. The van der Waals surface area contributed by atoms with Crippen LogP contribution in [0.4, 0.5) is 5.69 Å². The highest BCUT2D eigenvalue weighted by Gasteiger charge is 2.40. The number of aryl methyl sites for hydroxylation is 1. The van der Waals surface area contributed by atoms with E-state index in [0.29, 0.717) is 34.2 Å². The van der Waals surface area contributed by atoms with Crippen molar-refractivity contribution in [2.45, 2.75) is 32.5 Å². The van der Waals surface area contributed by atoms with Gasteiger partial charge in [-0.3, -0.25) is 18.0 Å². The summed E-state index contributed by atoms with van der Waals surface area (Å²) in [5.74, 6) is 0.291. The van der Waals surface area contributed by atoms with Gasteiger partial charge in [-0.05, 0) is 109 Å². The van der Waals surface area contributed by atoms with Gasteiger partial charge in [0, 0.05) is 5.69 Å². The quantitative estimate of drug-likeness (QED) is 0.0849. The molecule has 2 amide bonds. The second kappa shape index (κ2) is 18.5. The number of benzene rings is 5. The van der Waals surface area contributed by atoms with Crippen LogP contribution in [0.25, 0.3) is 16.8 Å². The lowest BCUT2D eigenvalue weighted by Crippen LogP contribution is -2.39. The molecule has 1 aliphatic rings. The lowest BCUT2D eigenvalue weighted by Gasteiger charge is -2.21. The molecule has 15 heteroatoms. The zero-order valence-electron chi connectivity index (χ0n) is 31.3. The summed E-state index contributed by atoms with van der Waals surface area (Å²) in [5, 5.41) is 5.77. The third-order valence-corrected chi connectivity index (χ3v) is 11.1. The number of nitrogens with one attached hydrogen (secondary N) is 1. The van der Waals surface area contributed by atoms with Gasteiger partial charge in [0.2, 0.25) is 0 Å². The molecule has 1 N–H and O–H groups in total. The van der Waals surface area contributed by atoms with Crippen molar-refractivity contribution in [1.82, 2.24) is 4.90 Å². The van der Waals surface area contributed by atoms with E-state index >= 15 is 0 Å². The molecule has 0 saturated carbocycles. The van der Waals surface area contributed by atoms with Gasteiger partial charge in [0.15, 0.2) is 12.2 Å². The summed E-state index contributed by atoms with van der Waals surface area (Å²) in [6, 6.07) is 33.9. The Balaban J connectivity index is 1.11. The fraction of sp³-hybridized carbons (Fsp3) is 0.238. The van der Waals surface area contributed by atoms with E-state index in [4.69, 9.17) is 22.6 Å². The zero-order chi connectivity index (χ0) is 40.4. The number of ether oxygens (including phenoxy) is 3. The fourth-order valence-electron chi connectivity index (χ4n) is 6.03. The van der Waals surface area contributed by atoms with E-state index in [1.54, 1.807) is 86.6 Å². The van der Waals surface area contributed by atoms with Crippen LogP contribution in [0.5, 0.6) is 23.0 Å². The van der Waals surface area contributed by atoms with E-state index in [9.17, 15) is 26.4 Å². The molecule has 5 aromatic rings. The Labute approximate surface area is 332 Å². The van der Waals surface area contributed by atoms with Crippen LogP contribution in [0.2, 0.25) is 0 Å². The van der Waals surface area contributed by atoms with Gasteiger partial charge in [-0.25, -0.2) is 0 Å². The van der Waals surface area contributed by atoms with E-state index in [1.807, 2.05) is 42.5 Å². The summed E-state index contributed by atoms with van der Waals surface area (Å²) in [5.41, 5.74) is 1.74. The molecule has 0 spiro atoms. The average Bonchev–Trinajstić information content (AvgIpc) is 3.59. The van der Waals surface area contributed by atoms with E-state index in [-0.39, 0.29) is 38.5 Å². The first-order chi connectivity index (χ1) is 27.4. The van der Waals surface area contributed by atoms with Crippen molar-refractivity contribution >= 4 is 54.6 Å². The molecule has 6 rings (SSSR count). The Kier molecular flexibility index (Phi) is 13.3. The number of hydrogen-bond donors (Lipinski definition) is 1. The van der Waals surface area contributed by atoms with Gasteiger partial charge in [-0.2, -0.15) is 16.8 Å². The van der Waals surface area contributed by atoms with Crippen LogP contribution in [0.3, 0.4) is 0 Å². The van der Waals surface area contributed by atoms with Gasteiger partial charge >= 0.3 is 11.8 Å². The summed E-state index contributed by atoms with van der Waals surface area (Å²) in [7, 11) is -7.44. The van der Waals surface area contributed by atoms with Gasteiger partial charge in [0.05, 0.1) is 37.5 Å². The highest BCUT2D eigenvalue weighted by molar-refractivity contribution is 7.89. The number of anilines is 1. The maximum atomic E-state index is 13.5. The molecule has 1 fully saturated rings. The number of likely N-dealkylation sites (tertiary alicyclic amines) is 1. The Hall–Kier alpha value is -5.74. The van der Waals surface area contributed by atoms with E-state index in [2.05, 4.69) is 5.32 Å². The van der Waals surface area contributed by atoms with E-state index in [1.165, 1.54) is 11.0 Å². The summed E-state index contributed by atoms with van der Waals surface area (Å²) in [4.78, 5) is 28.1. The molecule has 57 heavy (non-hydrogen) atoms. The first-order valence-corrected chi connectivity index (χ1v) is 21.3. The smallest absolute Gasteiger partial charge is 0.313 e. The molecule has 0 unspecified atom stereocenters. The van der Waals surface area contributed by atoms with Gasteiger partial charge in [0.25, 0.3) is 20.2 Å². The lowest BCUT2D eigenvalue weighted by molar-refractivity contribution is -0.142. The van der Waals surface area contributed by atoms with Gasteiger partial charge < -0.3 is 24.4 Å². The first-order valence-electron chi connectivity index (χ1n) is 18.2. The maximum Gasteiger partial charge on any atom is 0.313 e. The third-order valence-electron chi connectivity index (χ3n) is 8.79. The average molecular weight is 815 g/mol. The predicted octanol–water partition coefficient (Wildman–Crippen LogP) is 6.55. The van der Waals surface area contributed by atoms with E-state index in [0.717, 1.165) is 21.7 Å². The second-order valence-corrected chi connectivity index (χ2v) is 16.2. The van der Waals surface area contributed by atoms with Crippen molar-refractivity contribution in [2.75, 3.05) is 37.4 Å². The van der Waals surface area contributed by atoms with Crippen LogP contribution in [-0.2, 0) is 44.6 Å². The van der Waals surface area contributed by atoms with Crippen LogP contribution in [-0.4, -0.2) is 77.8 Å². The van der Waals surface area contributed by atoms with Crippen LogP contribution < -0.4 is 19.5 Å². The molecule has 2 atom stereocenters. The van der Waals surface area contributed by atoms with Gasteiger partial charge in [-0.1, -0.05) is 54.6 Å². The molecule has 0 aliphatic carbocycles. The summed E-state index contributed by atoms with van der Waals surface area (Å²) in [6.45, 7) is 3.33. The number of carbonyl (C=O) groups excluding carboxylic acids is 2. The molecule has 13 nitrogen and oxygen atoms in total. The standard InChI is InChI=1S/C42H42N2O11S2/c1-3-51-56(47,48)25-23-30-9-16-36(17-10-30)54-39-28-44(29-40(39)55-37-18-11-31(12-19-37)24-26-57(49,50)52-4-2)42(46)41(45)43-34-14-21-35(22-15-34)53-38-20-13-32-7-5-6-8-33(32)27-38/h5-23,25,27,39-40H,3-4,24,26,28-29H2,1-2H3,(H,43,45)/b25-23+/t39-,40+/m1/s1. The van der Waals surface area contributed by atoms with Gasteiger partial charge in [0.1, 0.15) is 23.0 Å². The Morgan fingerprint density at radius 2 is 1.28 bits per heavy atom. The Morgan fingerprint density at radius 3 is 1.91 bits per heavy atom. The van der Waals surface area contributed by atoms with E-state index < -0.39 is 44.3 Å². The van der Waals surface area contributed by atoms with Crippen LogP contribution in [0, 0.1) is 0 Å². The predicted molar refractivity (Wildman–Crippen MR) is 216 cm³/mol. The van der Waals surface area contributed by atoms with Gasteiger partial charge in [-0.15, -0.1) is 0 Å². The molecule has 1 aliphatic heterocycles. The largest absolute Gasteiger partial charge is 0.485 e. The molecular weight excluding hydrogens is 773 g/mol. The highest BCUT2D eigenvalue weighted by atomic mass is 32.2. The minimum Gasteiger partial charge on any atom is -0.485 e. The number of amides is 2. The minimum atomic E-state index is -3.81. The molecule has 1 heterocycles. The van der Waals surface area contributed by atoms with Crippen LogP contribution in [0.1, 0.15) is 25.0 Å². The summed E-state index contributed by atoms with van der Waals surface area (Å²) < 4.78 is 75.9. The number of rotatable bonds is 16. The highest BCUT2D eigenvalue weighted by Crippen LogP contribution is 2.28. The van der Waals surface area contributed by atoms with Crippen molar-refractivity contribution in [2.24, 2.45) is 0 Å². The number of nitrogens with zero attached hydrogens (tertiary/aromatic N) is 1. The first kappa shape index (κ1) is 40.9. The SMILES string of the molecule is CCOS(=O)(=O)/C=C/c1ccc(O[C@@H]2CN(C(=O)C(=O)Nc3ccc(Oc4ccc5ccccc5c4)cc3)C[C@@H]2Oc2ccc(CCS(=O)(=O)OCC)cc2)cc1. The maximum absolute atomic E-state index is 13.5. The zero-order valence-corrected chi connectivity index (χ0v) is 32.9. The molecule has 5 aromatic carbocycles. The number of carbonyl (C=O) groups is 2. The molecule has 0 radical (unpaired) electrons. The summed E-state index contributed by atoms with van der Waals surface area (Å²) >= 11 is 0. The lowest BCUT2D eigenvalue weighted by atomic mass is 10.1. The number of hydrogen-bond acceptors (Lipinski definition) is 11. The van der Waals surface area contributed by atoms with Crippen molar-refractivity contribution < 1.29 is 49.0 Å². The Bertz CT molecular complexity index is 2420. The van der Waals surface area contributed by atoms with Crippen LogP contribution >= 0.6 is 0 Å². The normalized spacial score (nSPS) is 15.8. The Morgan fingerprint density at radius 1 is 0.702 bits per heavy atom. The van der Waals surface area contributed by atoms with Crippen molar-refractivity contribution in [3.8, 4) is 23.0 Å². The van der Waals surface area contributed by atoms with Crippen molar-refractivity contribution in [3.63, 3.8) is 0 Å². The van der Waals surface area contributed by atoms with Crippen molar-refractivity contribution in [1.29, 1.82) is 0 Å². The summed E-state index contributed by atoms with van der Waals surface area (Å²) in [6.07, 6.45) is 0.242. The molecule has 0 bridgehead atoms. The molecule has 0 aromatic heterocycles.